The van der Waals surface area contributed by atoms with Gasteiger partial charge in [-0.1, -0.05) is 12.8 Å². The summed E-state index contributed by atoms with van der Waals surface area (Å²) in [6.07, 6.45) is 4.46. The highest BCUT2D eigenvalue weighted by Crippen LogP contribution is 2.20. The Kier molecular flexibility index (Phi) is 3.28. The van der Waals surface area contributed by atoms with Crippen LogP contribution >= 0.6 is 11.6 Å². The van der Waals surface area contributed by atoms with Crippen LogP contribution in [0.15, 0.2) is 16.5 Å². The number of rotatable bonds is 3. The van der Waals surface area contributed by atoms with Gasteiger partial charge in [-0.2, -0.15) is 0 Å². The Bertz CT molecular complexity index is 344. The fourth-order valence-electron chi connectivity index (χ4n) is 1.63. The van der Waals surface area contributed by atoms with Gasteiger partial charge in [0.25, 0.3) is 0 Å². The van der Waals surface area contributed by atoms with Crippen molar-refractivity contribution in [2.75, 3.05) is 0 Å². The maximum absolute atomic E-state index is 11.4. The standard InChI is InChI=1S/C10H12ClNO3/c11-9-6-5-8(14-9)10(13)12-15-7-3-1-2-4-7/h5-7H,1-4H2,(H,12,13). The van der Waals surface area contributed by atoms with E-state index >= 15 is 0 Å². The van der Waals surface area contributed by atoms with Crippen molar-refractivity contribution < 1.29 is 14.0 Å². The second kappa shape index (κ2) is 4.68. The number of furan rings is 1. The van der Waals surface area contributed by atoms with Gasteiger partial charge in [-0.25, -0.2) is 5.48 Å². The SMILES string of the molecule is O=C(NOC1CCCC1)c1ccc(Cl)o1. The van der Waals surface area contributed by atoms with E-state index in [4.69, 9.17) is 20.9 Å². The van der Waals surface area contributed by atoms with Crippen LogP contribution in [-0.4, -0.2) is 12.0 Å². The number of nitrogens with one attached hydrogen (secondary N) is 1. The van der Waals surface area contributed by atoms with Crippen LogP contribution in [0.25, 0.3) is 0 Å². The van der Waals surface area contributed by atoms with E-state index in [1.807, 2.05) is 0 Å². The highest BCUT2D eigenvalue weighted by Gasteiger charge is 2.18. The molecule has 1 heterocycles. The molecule has 1 N–H and O–H groups in total. The van der Waals surface area contributed by atoms with E-state index in [1.54, 1.807) is 0 Å². The summed E-state index contributed by atoms with van der Waals surface area (Å²) >= 11 is 5.54. The van der Waals surface area contributed by atoms with Crippen LogP contribution < -0.4 is 5.48 Å². The number of hydroxylamine groups is 1. The molecule has 0 saturated heterocycles. The Balaban J connectivity index is 1.81. The summed E-state index contributed by atoms with van der Waals surface area (Å²) in [4.78, 5) is 16.7. The minimum atomic E-state index is -0.395. The summed E-state index contributed by atoms with van der Waals surface area (Å²) in [7, 11) is 0. The Morgan fingerprint density at radius 1 is 1.47 bits per heavy atom. The lowest BCUT2D eigenvalue weighted by Gasteiger charge is -2.09. The van der Waals surface area contributed by atoms with Gasteiger partial charge in [0.2, 0.25) is 0 Å². The van der Waals surface area contributed by atoms with Gasteiger partial charge in [-0.05, 0) is 36.6 Å². The van der Waals surface area contributed by atoms with E-state index in [1.165, 1.54) is 12.1 Å². The largest absolute Gasteiger partial charge is 0.439 e. The molecule has 1 aliphatic rings. The molecule has 0 bridgehead atoms. The zero-order valence-electron chi connectivity index (χ0n) is 8.16. The number of halogens is 1. The van der Waals surface area contributed by atoms with Gasteiger partial charge >= 0.3 is 5.91 Å². The van der Waals surface area contributed by atoms with Gasteiger partial charge in [-0.3, -0.25) is 9.63 Å². The van der Waals surface area contributed by atoms with Crippen molar-refractivity contribution in [3.8, 4) is 0 Å². The second-order valence-electron chi connectivity index (χ2n) is 3.56. The molecule has 82 valence electrons. The molecule has 1 amide bonds. The van der Waals surface area contributed by atoms with Gasteiger partial charge in [0.15, 0.2) is 11.0 Å². The zero-order chi connectivity index (χ0) is 10.7. The summed E-state index contributed by atoms with van der Waals surface area (Å²) in [5.74, 6) is -0.230. The van der Waals surface area contributed by atoms with Crippen LogP contribution in [0.3, 0.4) is 0 Å². The molecule has 5 heteroatoms. The van der Waals surface area contributed by atoms with Crippen LogP contribution in [0.2, 0.25) is 5.22 Å². The molecular weight excluding hydrogens is 218 g/mol. The quantitative estimate of drug-likeness (QED) is 0.811. The normalized spacial score (nSPS) is 16.9. The Labute approximate surface area is 92.5 Å². The summed E-state index contributed by atoms with van der Waals surface area (Å²) in [5, 5.41) is 0.195. The minimum Gasteiger partial charge on any atom is -0.439 e. The van der Waals surface area contributed by atoms with Gasteiger partial charge in [-0.15, -0.1) is 0 Å². The molecule has 1 aliphatic carbocycles. The summed E-state index contributed by atoms with van der Waals surface area (Å²) < 4.78 is 4.93. The van der Waals surface area contributed by atoms with Gasteiger partial charge < -0.3 is 4.42 Å². The topological polar surface area (TPSA) is 51.5 Å². The fourth-order valence-corrected chi connectivity index (χ4v) is 1.78. The number of hydrogen-bond acceptors (Lipinski definition) is 3. The molecule has 0 aromatic carbocycles. The van der Waals surface area contributed by atoms with Crippen LogP contribution in [-0.2, 0) is 4.84 Å². The third-order valence-corrected chi connectivity index (χ3v) is 2.62. The maximum atomic E-state index is 11.4. The molecule has 1 saturated carbocycles. The first-order valence-corrected chi connectivity index (χ1v) is 5.35. The van der Waals surface area contributed by atoms with Crippen molar-refractivity contribution >= 4 is 17.5 Å². The average molecular weight is 230 g/mol. The Morgan fingerprint density at radius 3 is 2.80 bits per heavy atom. The third-order valence-electron chi connectivity index (χ3n) is 2.42. The van der Waals surface area contributed by atoms with Crippen LogP contribution in [0.4, 0.5) is 0 Å². The Morgan fingerprint density at radius 2 is 2.20 bits per heavy atom. The summed E-state index contributed by atoms with van der Waals surface area (Å²) in [6.45, 7) is 0. The van der Waals surface area contributed by atoms with Crippen molar-refractivity contribution in [2.24, 2.45) is 0 Å². The molecule has 1 aromatic rings. The first kappa shape index (κ1) is 10.5. The van der Waals surface area contributed by atoms with Crippen molar-refractivity contribution in [3.05, 3.63) is 23.1 Å². The van der Waals surface area contributed by atoms with Gasteiger partial charge in [0.05, 0.1) is 6.10 Å². The van der Waals surface area contributed by atoms with E-state index in [-0.39, 0.29) is 17.1 Å². The average Bonchev–Trinajstić information content (AvgIpc) is 2.84. The summed E-state index contributed by atoms with van der Waals surface area (Å²) in [5.41, 5.74) is 2.36. The van der Waals surface area contributed by atoms with E-state index in [0.29, 0.717) is 0 Å². The van der Waals surface area contributed by atoms with Crippen LogP contribution in [0.1, 0.15) is 36.2 Å². The van der Waals surface area contributed by atoms with Crippen LogP contribution in [0.5, 0.6) is 0 Å². The molecule has 1 fully saturated rings. The second-order valence-corrected chi connectivity index (χ2v) is 3.93. The van der Waals surface area contributed by atoms with Crippen molar-refractivity contribution in [3.63, 3.8) is 0 Å². The molecule has 15 heavy (non-hydrogen) atoms. The van der Waals surface area contributed by atoms with E-state index in [2.05, 4.69) is 5.48 Å². The first-order valence-electron chi connectivity index (χ1n) is 4.97. The number of hydrogen-bond donors (Lipinski definition) is 1. The lowest BCUT2D eigenvalue weighted by atomic mass is 10.3. The van der Waals surface area contributed by atoms with E-state index < -0.39 is 5.91 Å². The van der Waals surface area contributed by atoms with Gasteiger partial charge in [0, 0.05) is 0 Å². The minimum absolute atomic E-state index is 0.138. The number of carbonyl (C=O) groups excluding carboxylic acids is 1. The molecule has 0 atom stereocenters. The molecule has 0 aliphatic heterocycles. The predicted molar refractivity (Wildman–Crippen MR) is 54.5 cm³/mol. The van der Waals surface area contributed by atoms with E-state index in [9.17, 15) is 4.79 Å². The molecule has 4 nitrogen and oxygen atoms in total. The molecular formula is C10H12ClNO3. The predicted octanol–water partition coefficient (Wildman–Crippen LogP) is 2.54. The maximum Gasteiger partial charge on any atom is 0.310 e. The number of carbonyl (C=O) groups is 1. The fraction of sp³-hybridized carbons (Fsp3) is 0.500. The lowest BCUT2D eigenvalue weighted by molar-refractivity contribution is -0.0138. The molecule has 0 spiro atoms. The van der Waals surface area contributed by atoms with Crippen molar-refractivity contribution in [1.82, 2.24) is 5.48 Å². The highest BCUT2D eigenvalue weighted by atomic mass is 35.5. The third kappa shape index (κ3) is 2.73. The molecule has 0 radical (unpaired) electrons. The lowest BCUT2D eigenvalue weighted by Crippen LogP contribution is -2.27. The van der Waals surface area contributed by atoms with Crippen molar-refractivity contribution in [2.45, 2.75) is 31.8 Å². The van der Waals surface area contributed by atoms with E-state index in [0.717, 1.165) is 25.7 Å². The Hall–Kier alpha value is -1.00. The molecule has 1 aromatic heterocycles. The molecule has 0 unspecified atom stereocenters. The number of amides is 1. The monoisotopic (exact) mass is 229 g/mol. The zero-order valence-corrected chi connectivity index (χ0v) is 8.92. The smallest absolute Gasteiger partial charge is 0.310 e. The summed E-state index contributed by atoms with van der Waals surface area (Å²) in [6, 6.07) is 3.03. The van der Waals surface area contributed by atoms with Gasteiger partial charge in [0.1, 0.15) is 0 Å². The highest BCUT2D eigenvalue weighted by molar-refractivity contribution is 6.29. The first-order chi connectivity index (χ1) is 7.25. The van der Waals surface area contributed by atoms with Crippen molar-refractivity contribution in [1.29, 1.82) is 0 Å². The van der Waals surface area contributed by atoms with Crippen LogP contribution in [0, 0.1) is 0 Å². The molecule has 2 rings (SSSR count).